The fourth-order valence-corrected chi connectivity index (χ4v) is 4.30. The van der Waals surface area contributed by atoms with E-state index < -0.39 is 4.65 Å². The normalized spacial score (nSPS) is 21.5. The van der Waals surface area contributed by atoms with E-state index in [1.54, 1.807) is 7.11 Å². The minimum Gasteiger partial charge on any atom is -0.626 e. The van der Waals surface area contributed by atoms with E-state index in [4.69, 9.17) is 4.74 Å². The Labute approximate surface area is 154 Å². The van der Waals surface area contributed by atoms with E-state index in [2.05, 4.69) is 24.3 Å². The molecule has 3 heteroatoms. The van der Waals surface area contributed by atoms with Gasteiger partial charge in [0.15, 0.2) is 11.4 Å². The molecule has 0 unspecified atom stereocenters. The number of quaternary nitrogens is 1. The van der Waals surface area contributed by atoms with Gasteiger partial charge in [0.1, 0.15) is 12.1 Å². The van der Waals surface area contributed by atoms with Gasteiger partial charge in [-0.1, -0.05) is 72.8 Å². The van der Waals surface area contributed by atoms with Crippen LogP contribution in [0.2, 0.25) is 0 Å². The number of hydroxylamine groups is 2. The number of methoxy groups -OCH3 is 1. The third kappa shape index (κ3) is 2.70. The summed E-state index contributed by atoms with van der Waals surface area (Å²) in [4.78, 5) is 0. The van der Waals surface area contributed by atoms with E-state index in [-0.39, 0.29) is 12.1 Å². The molecule has 4 rings (SSSR count). The number of nitrogens with zero attached hydrogens (tertiary/aromatic N) is 1. The molecule has 0 N–H and O–H groups in total. The SMILES string of the molecule is COc1ccccc1[N+]1([O-])[C@H](c2ccccc2)CC[C@H]1c1ccccc1. The van der Waals surface area contributed by atoms with Crippen LogP contribution < -0.4 is 9.38 Å². The van der Waals surface area contributed by atoms with Gasteiger partial charge in [0.05, 0.1) is 7.11 Å². The Balaban J connectivity index is 1.89. The topological polar surface area (TPSA) is 32.3 Å². The summed E-state index contributed by atoms with van der Waals surface area (Å²) in [6.45, 7) is 0. The van der Waals surface area contributed by atoms with E-state index in [1.165, 1.54) is 0 Å². The Morgan fingerprint density at radius 3 is 1.69 bits per heavy atom. The molecule has 3 aromatic carbocycles. The minimum atomic E-state index is -0.405. The molecule has 0 aliphatic carbocycles. The number of rotatable bonds is 4. The fraction of sp³-hybridized carbons (Fsp3) is 0.217. The lowest BCUT2D eigenvalue weighted by molar-refractivity contribution is 0.270. The average molecular weight is 345 g/mol. The van der Waals surface area contributed by atoms with Gasteiger partial charge >= 0.3 is 0 Å². The van der Waals surface area contributed by atoms with Crippen LogP contribution in [0.4, 0.5) is 5.69 Å². The van der Waals surface area contributed by atoms with Crippen molar-refractivity contribution in [3.8, 4) is 5.75 Å². The molecule has 3 aromatic rings. The summed E-state index contributed by atoms with van der Waals surface area (Å²) in [6, 6.07) is 27.7. The molecule has 0 spiro atoms. The van der Waals surface area contributed by atoms with Crippen LogP contribution in [0.1, 0.15) is 36.1 Å². The summed E-state index contributed by atoms with van der Waals surface area (Å²) in [5.41, 5.74) is 2.88. The number of hydrogen-bond donors (Lipinski definition) is 0. The van der Waals surface area contributed by atoms with Crippen molar-refractivity contribution < 1.29 is 4.74 Å². The molecule has 132 valence electrons. The van der Waals surface area contributed by atoms with E-state index >= 15 is 0 Å². The maximum Gasteiger partial charge on any atom is 0.180 e. The van der Waals surface area contributed by atoms with Crippen LogP contribution in [0.5, 0.6) is 5.75 Å². The van der Waals surface area contributed by atoms with Crippen molar-refractivity contribution in [3.63, 3.8) is 0 Å². The standard InChI is InChI=1S/C23H23NO2/c1-26-23-15-9-8-14-22(23)24(25)20(18-10-4-2-5-11-18)16-17-21(24)19-12-6-3-7-13-19/h2-15,20-21H,16-17H2,1H3/t20-,21-/m0/s1. The Morgan fingerprint density at radius 2 is 1.19 bits per heavy atom. The predicted molar refractivity (Wildman–Crippen MR) is 106 cm³/mol. The number of benzene rings is 3. The fourth-order valence-electron chi connectivity index (χ4n) is 4.30. The van der Waals surface area contributed by atoms with E-state index in [9.17, 15) is 5.21 Å². The summed E-state index contributed by atoms with van der Waals surface area (Å²) < 4.78 is 5.17. The third-order valence-electron chi connectivity index (χ3n) is 5.47. The van der Waals surface area contributed by atoms with Gasteiger partial charge in [-0.3, -0.25) is 0 Å². The Kier molecular flexibility index (Phi) is 4.49. The lowest BCUT2D eigenvalue weighted by atomic mass is 10.0. The molecule has 2 atom stereocenters. The van der Waals surface area contributed by atoms with Crippen LogP contribution in [-0.4, -0.2) is 7.11 Å². The Bertz CT molecular complexity index is 816. The lowest BCUT2D eigenvalue weighted by Gasteiger charge is -2.48. The van der Waals surface area contributed by atoms with Crippen molar-refractivity contribution in [2.24, 2.45) is 0 Å². The monoisotopic (exact) mass is 345 g/mol. The predicted octanol–water partition coefficient (Wildman–Crippen LogP) is 5.78. The molecule has 1 aliphatic heterocycles. The van der Waals surface area contributed by atoms with Crippen molar-refractivity contribution in [2.45, 2.75) is 24.9 Å². The molecule has 26 heavy (non-hydrogen) atoms. The first-order valence-electron chi connectivity index (χ1n) is 9.08. The summed E-state index contributed by atoms with van der Waals surface area (Å²) in [5.74, 6) is 0.659. The molecule has 1 fully saturated rings. The summed E-state index contributed by atoms with van der Waals surface area (Å²) in [7, 11) is 1.64. The van der Waals surface area contributed by atoms with Gasteiger partial charge in [-0.25, -0.2) is 0 Å². The average Bonchev–Trinajstić information content (AvgIpc) is 3.07. The molecule has 0 aromatic heterocycles. The highest BCUT2D eigenvalue weighted by Gasteiger charge is 2.47. The van der Waals surface area contributed by atoms with Crippen LogP contribution in [0.15, 0.2) is 84.9 Å². The van der Waals surface area contributed by atoms with Crippen molar-refractivity contribution >= 4 is 5.69 Å². The van der Waals surface area contributed by atoms with Gasteiger partial charge in [0, 0.05) is 30.0 Å². The quantitative estimate of drug-likeness (QED) is 0.444. The second kappa shape index (κ2) is 6.94. The first kappa shape index (κ1) is 16.8. The van der Waals surface area contributed by atoms with Gasteiger partial charge < -0.3 is 14.6 Å². The van der Waals surface area contributed by atoms with Gasteiger partial charge in [-0.05, 0) is 6.07 Å². The van der Waals surface area contributed by atoms with Crippen molar-refractivity contribution in [1.29, 1.82) is 0 Å². The molecule has 1 saturated heterocycles. The summed E-state index contributed by atoms with van der Waals surface area (Å²) in [5, 5.41) is 14.6. The van der Waals surface area contributed by atoms with Crippen LogP contribution >= 0.6 is 0 Å². The zero-order valence-corrected chi connectivity index (χ0v) is 14.9. The second-order valence-electron chi connectivity index (χ2n) is 6.81. The van der Waals surface area contributed by atoms with Gasteiger partial charge in [0.25, 0.3) is 0 Å². The molecule has 0 radical (unpaired) electrons. The molecule has 0 bridgehead atoms. The number of hydrogen-bond acceptors (Lipinski definition) is 2. The molecule has 1 aliphatic rings. The van der Waals surface area contributed by atoms with Crippen molar-refractivity contribution in [2.75, 3.05) is 7.11 Å². The first-order valence-corrected chi connectivity index (χ1v) is 9.08. The van der Waals surface area contributed by atoms with Crippen LogP contribution in [0.3, 0.4) is 0 Å². The van der Waals surface area contributed by atoms with E-state index in [1.807, 2.05) is 60.7 Å². The van der Waals surface area contributed by atoms with Crippen LogP contribution in [0.25, 0.3) is 0 Å². The molecule has 0 saturated carbocycles. The maximum absolute atomic E-state index is 14.6. The van der Waals surface area contributed by atoms with Crippen LogP contribution in [0, 0.1) is 5.21 Å². The van der Waals surface area contributed by atoms with E-state index in [0.29, 0.717) is 11.4 Å². The van der Waals surface area contributed by atoms with Gasteiger partial charge in [-0.2, -0.15) is 0 Å². The van der Waals surface area contributed by atoms with Crippen molar-refractivity contribution in [3.05, 3.63) is 101 Å². The molecular formula is C23H23NO2. The van der Waals surface area contributed by atoms with Gasteiger partial charge in [0.2, 0.25) is 0 Å². The minimum absolute atomic E-state index is 0.141. The molecule has 3 nitrogen and oxygen atoms in total. The summed E-state index contributed by atoms with van der Waals surface area (Å²) in [6.07, 6.45) is 1.70. The number of para-hydroxylation sites is 2. The second-order valence-corrected chi connectivity index (χ2v) is 6.81. The highest BCUT2D eigenvalue weighted by Crippen LogP contribution is 2.55. The Hall–Kier alpha value is -2.62. The summed E-state index contributed by atoms with van der Waals surface area (Å²) >= 11 is 0. The zero-order valence-electron chi connectivity index (χ0n) is 14.9. The van der Waals surface area contributed by atoms with Crippen LogP contribution in [-0.2, 0) is 0 Å². The lowest BCUT2D eigenvalue weighted by Crippen LogP contribution is -2.44. The number of ether oxygens (including phenoxy) is 1. The van der Waals surface area contributed by atoms with Crippen molar-refractivity contribution in [1.82, 2.24) is 4.65 Å². The van der Waals surface area contributed by atoms with E-state index in [0.717, 1.165) is 24.0 Å². The first-order chi connectivity index (χ1) is 12.7. The highest BCUT2D eigenvalue weighted by molar-refractivity contribution is 5.59. The largest absolute Gasteiger partial charge is 0.626 e. The smallest absolute Gasteiger partial charge is 0.180 e. The molecular weight excluding hydrogens is 322 g/mol. The third-order valence-corrected chi connectivity index (χ3v) is 5.47. The zero-order chi connectivity index (χ0) is 18.0. The molecule has 0 amide bonds. The maximum atomic E-state index is 14.6. The highest BCUT2D eigenvalue weighted by atomic mass is 16.6. The molecule has 1 heterocycles. The van der Waals surface area contributed by atoms with Gasteiger partial charge in [-0.15, -0.1) is 0 Å². The Morgan fingerprint density at radius 1 is 0.731 bits per heavy atom.